The maximum absolute atomic E-state index is 14.8. The molecule has 0 aliphatic carbocycles. The molecule has 1 aliphatic rings. The van der Waals surface area contributed by atoms with Crippen molar-refractivity contribution in [3.8, 4) is 10.4 Å². The number of nitrogens with zero attached hydrogens (tertiary/aromatic N) is 6. The number of amides is 1. The van der Waals surface area contributed by atoms with Crippen LogP contribution in [0.15, 0.2) is 24.4 Å². The lowest BCUT2D eigenvalue weighted by Crippen LogP contribution is -2.25. The minimum Gasteiger partial charge on any atom is -0.441 e. The van der Waals surface area contributed by atoms with Crippen molar-refractivity contribution in [2.75, 3.05) is 24.7 Å². The molecule has 2 aromatic heterocycles. The summed E-state index contributed by atoms with van der Waals surface area (Å²) < 4.78 is 36.0. The number of carbonyl (C=O) groups excluding carboxylic acids is 1. The zero-order valence-corrected chi connectivity index (χ0v) is 18.2. The Hall–Kier alpha value is -2.73. The van der Waals surface area contributed by atoms with Gasteiger partial charge < -0.3 is 14.2 Å². The Morgan fingerprint density at radius 2 is 2.26 bits per heavy atom. The van der Waals surface area contributed by atoms with Gasteiger partial charge in [0.2, 0.25) is 0 Å². The second kappa shape index (κ2) is 8.42. The van der Waals surface area contributed by atoms with Gasteiger partial charge in [-0.2, -0.15) is 4.80 Å². The van der Waals surface area contributed by atoms with Gasteiger partial charge in [0.15, 0.2) is 5.82 Å². The van der Waals surface area contributed by atoms with Crippen LogP contribution in [-0.4, -0.2) is 62.1 Å². The summed E-state index contributed by atoms with van der Waals surface area (Å²) in [5.74, 6) is -0.00262. The molecule has 1 unspecified atom stereocenters. The molecule has 1 aromatic carbocycles. The standard InChI is InChI=1S/C17H18FN6O5PS/c1-23-21-15(20-22-23)6-16-19-7-14(31-16)12-4-3-10(5-13(12)18)24-8-11(29-17(24)25)9-28-30(2,26)27/h3-5,7,11H,6,8-9H2,1-2H3,(H,26,27)/t11-/m1/s1. The number of halogens is 1. The van der Waals surface area contributed by atoms with Gasteiger partial charge in [-0.3, -0.25) is 9.46 Å². The molecule has 0 spiro atoms. The Bertz CT molecular complexity index is 1160. The zero-order valence-electron chi connectivity index (χ0n) is 16.5. The first-order chi connectivity index (χ1) is 14.7. The number of thiazole rings is 1. The summed E-state index contributed by atoms with van der Waals surface area (Å²) in [6.45, 7) is 0.898. The number of carbonyl (C=O) groups is 1. The maximum atomic E-state index is 14.8. The fourth-order valence-electron chi connectivity index (χ4n) is 2.96. The third-order valence-corrected chi connectivity index (χ3v) is 5.98. The van der Waals surface area contributed by atoms with E-state index in [1.807, 2.05) is 0 Å². The molecule has 0 bridgehead atoms. The summed E-state index contributed by atoms with van der Waals surface area (Å²) in [5.41, 5.74) is 0.658. The molecule has 1 amide bonds. The van der Waals surface area contributed by atoms with Crippen molar-refractivity contribution < 1.29 is 27.9 Å². The van der Waals surface area contributed by atoms with Crippen LogP contribution < -0.4 is 4.90 Å². The van der Waals surface area contributed by atoms with Gasteiger partial charge in [0.1, 0.15) is 16.9 Å². The van der Waals surface area contributed by atoms with Crippen molar-refractivity contribution in [2.24, 2.45) is 7.05 Å². The van der Waals surface area contributed by atoms with Gasteiger partial charge in [-0.05, 0) is 23.4 Å². The van der Waals surface area contributed by atoms with Crippen LogP contribution in [0.25, 0.3) is 10.4 Å². The van der Waals surface area contributed by atoms with Crippen molar-refractivity contribution in [1.29, 1.82) is 0 Å². The van der Waals surface area contributed by atoms with E-state index < -0.39 is 25.6 Å². The highest BCUT2D eigenvalue weighted by molar-refractivity contribution is 7.51. The number of hydrogen-bond acceptors (Lipinski definition) is 9. The Kier molecular flexibility index (Phi) is 5.84. The second-order valence-electron chi connectivity index (χ2n) is 6.87. The lowest BCUT2D eigenvalue weighted by molar-refractivity contribution is 0.100. The number of anilines is 1. The number of cyclic esters (lactones) is 1. The van der Waals surface area contributed by atoms with Gasteiger partial charge in [-0.25, -0.2) is 14.2 Å². The van der Waals surface area contributed by atoms with Crippen molar-refractivity contribution in [1.82, 2.24) is 25.2 Å². The molecule has 164 valence electrons. The summed E-state index contributed by atoms with van der Waals surface area (Å²) in [4.78, 5) is 28.8. The van der Waals surface area contributed by atoms with Crippen molar-refractivity contribution >= 4 is 30.7 Å². The highest BCUT2D eigenvalue weighted by Crippen LogP contribution is 2.37. The minimum atomic E-state index is -3.68. The van der Waals surface area contributed by atoms with Crippen LogP contribution in [0, 0.1) is 5.82 Å². The molecule has 1 saturated heterocycles. The molecular weight excluding hydrogens is 450 g/mol. The van der Waals surface area contributed by atoms with Crippen LogP contribution >= 0.6 is 18.9 Å². The van der Waals surface area contributed by atoms with Gasteiger partial charge >= 0.3 is 13.7 Å². The quantitative estimate of drug-likeness (QED) is 0.518. The van der Waals surface area contributed by atoms with E-state index in [4.69, 9.17) is 9.26 Å². The predicted molar refractivity (Wildman–Crippen MR) is 108 cm³/mol. The van der Waals surface area contributed by atoms with E-state index in [2.05, 4.69) is 20.4 Å². The number of aromatic nitrogens is 5. The first-order valence-corrected chi connectivity index (χ1v) is 11.9. The van der Waals surface area contributed by atoms with Crippen LogP contribution in [0.4, 0.5) is 14.9 Å². The van der Waals surface area contributed by atoms with Gasteiger partial charge in [-0.1, -0.05) is 0 Å². The third kappa shape index (κ3) is 5.13. The van der Waals surface area contributed by atoms with Crippen molar-refractivity contribution in [3.05, 3.63) is 41.0 Å². The normalized spacial score (nSPS) is 18.3. The molecule has 1 aliphatic heterocycles. The highest BCUT2D eigenvalue weighted by Gasteiger charge is 2.34. The van der Waals surface area contributed by atoms with Crippen molar-refractivity contribution in [3.63, 3.8) is 0 Å². The molecule has 1 fully saturated rings. The van der Waals surface area contributed by atoms with Crippen LogP contribution in [0.5, 0.6) is 0 Å². The molecule has 4 rings (SSSR count). The summed E-state index contributed by atoms with van der Waals surface area (Å²) >= 11 is 1.31. The summed E-state index contributed by atoms with van der Waals surface area (Å²) in [5, 5.41) is 12.5. The van der Waals surface area contributed by atoms with E-state index in [1.54, 1.807) is 25.4 Å². The summed E-state index contributed by atoms with van der Waals surface area (Å²) in [7, 11) is -2.02. The molecule has 1 N–H and O–H groups in total. The first kappa shape index (κ1) is 21.5. The van der Waals surface area contributed by atoms with Gasteiger partial charge in [-0.15, -0.1) is 21.5 Å². The van der Waals surface area contributed by atoms with E-state index in [0.29, 0.717) is 28.4 Å². The predicted octanol–water partition coefficient (Wildman–Crippen LogP) is 2.22. The van der Waals surface area contributed by atoms with E-state index in [9.17, 15) is 18.6 Å². The monoisotopic (exact) mass is 468 g/mol. The van der Waals surface area contributed by atoms with E-state index in [-0.39, 0.29) is 13.2 Å². The smallest absolute Gasteiger partial charge is 0.414 e. The second-order valence-corrected chi connectivity index (χ2v) is 9.85. The van der Waals surface area contributed by atoms with Gasteiger partial charge in [0, 0.05) is 18.4 Å². The molecule has 31 heavy (non-hydrogen) atoms. The van der Waals surface area contributed by atoms with E-state index in [0.717, 1.165) is 11.7 Å². The Labute approximate surface area is 180 Å². The number of tetrazole rings is 1. The molecule has 0 saturated carbocycles. The van der Waals surface area contributed by atoms with Gasteiger partial charge in [0.25, 0.3) is 0 Å². The maximum Gasteiger partial charge on any atom is 0.414 e. The molecule has 14 heteroatoms. The Morgan fingerprint density at radius 3 is 2.94 bits per heavy atom. The molecule has 3 aromatic rings. The molecular formula is C17H18FN6O5PS. The van der Waals surface area contributed by atoms with Crippen LogP contribution in [-0.2, 0) is 27.3 Å². The molecule has 0 radical (unpaired) electrons. The zero-order chi connectivity index (χ0) is 22.2. The largest absolute Gasteiger partial charge is 0.441 e. The summed E-state index contributed by atoms with van der Waals surface area (Å²) in [6, 6.07) is 4.40. The SMILES string of the molecule is Cn1nnc(Cc2ncc(-c3ccc(N4C[C@H](COP(C)(=O)O)OC4=O)cc3F)s2)n1. The lowest BCUT2D eigenvalue weighted by atomic mass is 10.1. The van der Waals surface area contributed by atoms with Crippen LogP contribution in [0.2, 0.25) is 0 Å². The van der Waals surface area contributed by atoms with Crippen LogP contribution in [0.1, 0.15) is 10.8 Å². The topological polar surface area (TPSA) is 133 Å². The third-order valence-electron chi connectivity index (χ3n) is 4.32. The number of benzene rings is 1. The lowest BCUT2D eigenvalue weighted by Gasteiger charge is -2.14. The number of ether oxygens (including phenoxy) is 1. The highest BCUT2D eigenvalue weighted by atomic mass is 32.1. The molecule has 11 nitrogen and oxygen atoms in total. The fourth-order valence-corrected chi connectivity index (χ4v) is 4.34. The fraction of sp³-hybridized carbons (Fsp3) is 0.353. The summed E-state index contributed by atoms with van der Waals surface area (Å²) in [6.07, 6.45) is 0.555. The minimum absolute atomic E-state index is 0.0768. The van der Waals surface area contributed by atoms with Crippen LogP contribution in [0.3, 0.4) is 0 Å². The number of aryl methyl sites for hydroxylation is 1. The first-order valence-electron chi connectivity index (χ1n) is 9.08. The number of rotatable bonds is 7. The average Bonchev–Trinajstić information content (AvgIpc) is 3.40. The molecule has 2 atom stereocenters. The van der Waals surface area contributed by atoms with Crippen molar-refractivity contribution in [2.45, 2.75) is 12.5 Å². The van der Waals surface area contributed by atoms with E-state index in [1.165, 1.54) is 27.1 Å². The number of hydrogen-bond donors (Lipinski definition) is 1. The Morgan fingerprint density at radius 1 is 1.45 bits per heavy atom. The average molecular weight is 468 g/mol. The molecule has 3 heterocycles. The Balaban J connectivity index is 1.46. The van der Waals surface area contributed by atoms with Gasteiger partial charge in [0.05, 0.1) is 37.2 Å². The van der Waals surface area contributed by atoms with E-state index >= 15 is 0 Å².